The topological polar surface area (TPSA) is 77.4 Å². The molecule has 7 fully saturated rings. The summed E-state index contributed by atoms with van der Waals surface area (Å²) in [6, 6.07) is 0. The molecule has 7 aliphatic rings. The first-order valence-corrected chi connectivity index (χ1v) is 11.6. The SMILES string of the molecule is OC1[C@H]2OC(C3CC4CCC3C4)O[C@H]2C(O)[C@@H]2OC(C3CC4CCC3C4)O[C@@H]12. The Bertz CT molecular complexity index is 565. The molecule has 7 rings (SSSR count). The van der Waals surface area contributed by atoms with Gasteiger partial charge in [-0.2, -0.15) is 0 Å². The fraction of sp³-hybridized carbons (Fsp3) is 1.00. The molecule has 0 radical (unpaired) electrons. The second-order valence-electron chi connectivity index (χ2n) is 10.8. The van der Waals surface area contributed by atoms with Gasteiger partial charge in [0.2, 0.25) is 0 Å². The molecular weight excluding hydrogens is 360 g/mol. The first-order valence-electron chi connectivity index (χ1n) is 11.6. The average Bonchev–Trinajstić information content (AvgIpc) is 3.53. The van der Waals surface area contributed by atoms with Gasteiger partial charge < -0.3 is 29.2 Å². The van der Waals surface area contributed by atoms with Crippen LogP contribution in [0.2, 0.25) is 0 Å². The first-order chi connectivity index (χ1) is 13.7. The van der Waals surface area contributed by atoms with E-state index in [4.69, 9.17) is 18.9 Å². The summed E-state index contributed by atoms with van der Waals surface area (Å²) >= 11 is 0. The van der Waals surface area contributed by atoms with E-state index in [1.807, 2.05) is 0 Å². The molecule has 2 aliphatic heterocycles. The minimum Gasteiger partial charge on any atom is -0.387 e. The lowest BCUT2D eigenvalue weighted by molar-refractivity contribution is -0.154. The molecule has 2 saturated heterocycles. The van der Waals surface area contributed by atoms with Crippen molar-refractivity contribution in [3.05, 3.63) is 0 Å². The van der Waals surface area contributed by atoms with Crippen molar-refractivity contribution in [2.24, 2.45) is 35.5 Å². The average molecular weight is 392 g/mol. The summed E-state index contributed by atoms with van der Waals surface area (Å²) < 4.78 is 24.9. The van der Waals surface area contributed by atoms with Gasteiger partial charge in [0.25, 0.3) is 0 Å². The predicted molar refractivity (Wildman–Crippen MR) is 97.0 cm³/mol. The molecular formula is C22H32O6. The van der Waals surface area contributed by atoms with Crippen molar-refractivity contribution in [2.75, 3.05) is 0 Å². The van der Waals surface area contributed by atoms with Gasteiger partial charge in [0, 0.05) is 11.8 Å². The van der Waals surface area contributed by atoms with Gasteiger partial charge in [-0.3, -0.25) is 0 Å². The van der Waals surface area contributed by atoms with E-state index in [9.17, 15) is 10.2 Å². The Morgan fingerprint density at radius 1 is 0.500 bits per heavy atom. The highest BCUT2D eigenvalue weighted by Gasteiger charge is 2.63. The Balaban J connectivity index is 1.08. The second kappa shape index (κ2) is 6.14. The first kappa shape index (κ1) is 17.4. The van der Waals surface area contributed by atoms with E-state index in [0.29, 0.717) is 23.7 Å². The Labute approximate surface area is 165 Å². The zero-order chi connectivity index (χ0) is 18.6. The minimum atomic E-state index is -0.800. The monoisotopic (exact) mass is 392 g/mol. The van der Waals surface area contributed by atoms with Crippen LogP contribution in [0.5, 0.6) is 0 Å². The molecule has 2 heterocycles. The van der Waals surface area contributed by atoms with Crippen molar-refractivity contribution in [3.63, 3.8) is 0 Å². The van der Waals surface area contributed by atoms with Crippen LogP contribution in [0.15, 0.2) is 0 Å². The maximum Gasteiger partial charge on any atom is 0.161 e. The molecule has 156 valence electrons. The molecule has 4 bridgehead atoms. The number of hydrogen-bond acceptors (Lipinski definition) is 6. The van der Waals surface area contributed by atoms with Crippen LogP contribution in [0, 0.1) is 35.5 Å². The predicted octanol–water partition coefficient (Wildman–Crippen LogP) is 1.81. The molecule has 0 aromatic heterocycles. The van der Waals surface area contributed by atoms with Crippen LogP contribution in [0.1, 0.15) is 51.4 Å². The van der Waals surface area contributed by atoms with E-state index >= 15 is 0 Å². The third kappa shape index (κ3) is 2.36. The molecule has 2 N–H and O–H groups in total. The van der Waals surface area contributed by atoms with E-state index in [2.05, 4.69) is 0 Å². The number of rotatable bonds is 2. The number of aliphatic hydroxyl groups excluding tert-OH is 2. The molecule has 14 atom stereocenters. The van der Waals surface area contributed by atoms with E-state index in [-0.39, 0.29) is 12.6 Å². The van der Waals surface area contributed by atoms with Crippen molar-refractivity contribution >= 4 is 0 Å². The minimum absolute atomic E-state index is 0.296. The molecule has 10 unspecified atom stereocenters. The molecule has 6 nitrogen and oxygen atoms in total. The van der Waals surface area contributed by atoms with E-state index in [0.717, 1.165) is 24.7 Å². The van der Waals surface area contributed by atoms with Crippen LogP contribution in [-0.4, -0.2) is 59.4 Å². The lowest BCUT2D eigenvalue weighted by Crippen LogP contribution is -2.61. The third-order valence-electron chi connectivity index (χ3n) is 9.44. The van der Waals surface area contributed by atoms with Crippen LogP contribution >= 0.6 is 0 Å². The largest absolute Gasteiger partial charge is 0.387 e. The molecule has 6 heteroatoms. The lowest BCUT2D eigenvalue weighted by atomic mass is 9.85. The highest BCUT2D eigenvalue weighted by molar-refractivity contribution is 5.08. The van der Waals surface area contributed by atoms with Crippen molar-refractivity contribution in [3.8, 4) is 0 Å². The van der Waals surface area contributed by atoms with Crippen LogP contribution < -0.4 is 0 Å². The van der Waals surface area contributed by atoms with Crippen molar-refractivity contribution in [2.45, 2.75) is 101 Å². The summed E-state index contributed by atoms with van der Waals surface area (Å²) in [5.41, 5.74) is 0. The smallest absolute Gasteiger partial charge is 0.161 e. The highest BCUT2D eigenvalue weighted by Crippen LogP contribution is 2.54. The Morgan fingerprint density at radius 2 is 0.893 bits per heavy atom. The van der Waals surface area contributed by atoms with E-state index < -0.39 is 36.6 Å². The normalized spacial score (nSPS) is 64.5. The zero-order valence-electron chi connectivity index (χ0n) is 16.3. The molecule has 28 heavy (non-hydrogen) atoms. The van der Waals surface area contributed by atoms with Crippen LogP contribution in [0.25, 0.3) is 0 Å². The van der Waals surface area contributed by atoms with Gasteiger partial charge in [-0.05, 0) is 62.2 Å². The van der Waals surface area contributed by atoms with E-state index in [1.54, 1.807) is 0 Å². The van der Waals surface area contributed by atoms with Crippen LogP contribution in [-0.2, 0) is 18.9 Å². The van der Waals surface area contributed by atoms with Crippen LogP contribution in [0.3, 0.4) is 0 Å². The molecule has 0 aromatic carbocycles. The van der Waals surface area contributed by atoms with Crippen molar-refractivity contribution in [1.29, 1.82) is 0 Å². The fourth-order valence-electron chi connectivity index (χ4n) is 8.12. The Hall–Kier alpha value is -0.240. The van der Waals surface area contributed by atoms with Gasteiger partial charge >= 0.3 is 0 Å². The fourth-order valence-corrected chi connectivity index (χ4v) is 8.12. The molecule has 5 saturated carbocycles. The third-order valence-corrected chi connectivity index (χ3v) is 9.44. The summed E-state index contributed by atoms with van der Waals surface area (Å²) in [4.78, 5) is 0. The van der Waals surface area contributed by atoms with E-state index in [1.165, 1.54) is 38.5 Å². The van der Waals surface area contributed by atoms with Crippen LogP contribution in [0.4, 0.5) is 0 Å². The number of aliphatic hydroxyl groups is 2. The standard InChI is InChI=1S/C22H32O6/c23-15-17-18(26-21(25-17)13-7-9-1-3-11(13)5-9)16(24)20-19(15)27-22(28-20)14-8-10-2-4-12(14)6-10/h9-24H,1-8H2/t9?,10?,11?,12?,13?,14?,15?,16?,17-,18-,19-,20+,21?,22?/m0/s1. The number of fused-ring (bicyclic) bond motifs is 6. The van der Waals surface area contributed by atoms with Gasteiger partial charge in [0.05, 0.1) is 0 Å². The molecule has 0 spiro atoms. The summed E-state index contributed by atoms with van der Waals surface area (Å²) in [5, 5.41) is 22.1. The summed E-state index contributed by atoms with van der Waals surface area (Å²) in [6.45, 7) is 0. The van der Waals surface area contributed by atoms with Gasteiger partial charge in [0.1, 0.15) is 36.6 Å². The van der Waals surface area contributed by atoms with Gasteiger partial charge in [-0.1, -0.05) is 12.8 Å². The number of ether oxygens (including phenoxy) is 4. The Kier molecular flexibility index (Phi) is 3.83. The molecule has 0 aromatic rings. The molecule has 0 amide bonds. The van der Waals surface area contributed by atoms with Crippen molar-refractivity contribution < 1.29 is 29.2 Å². The summed E-state index contributed by atoms with van der Waals surface area (Å²) in [5.74, 6) is 3.80. The molecule has 5 aliphatic carbocycles. The lowest BCUT2D eigenvalue weighted by Gasteiger charge is -2.38. The van der Waals surface area contributed by atoms with Gasteiger partial charge in [-0.25, -0.2) is 0 Å². The van der Waals surface area contributed by atoms with Gasteiger partial charge in [-0.15, -0.1) is 0 Å². The second-order valence-corrected chi connectivity index (χ2v) is 10.8. The number of hydrogen-bond donors (Lipinski definition) is 2. The maximum absolute atomic E-state index is 11.0. The summed E-state index contributed by atoms with van der Waals surface area (Å²) in [7, 11) is 0. The van der Waals surface area contributed by atoms with Crippen molar-refractivity contribution in [1.82, 2.24) is 0 Å². The highest BCUT2D eigenvalue weighted by atomic mass is 16.8. The maximum atomic E-state index is 11.0. The quantitative estimate of drug-likeness (QED) is 0.746. The zero-order valence-corrected chi connectivity index (χ0v) is 16.3. The Morgan fingerprint density at radius 3 is 1.18 bits per heavy atom. The van der Waals surface area contributed by atoms with Gasteiger partial charge in [0.15, 0.2) is 12.6 Å². The summed E-state index contributed by atoms with van der Waals surface area (Å²) in [6.07, 6.45) is 5.86.